The van der Waals surface area contributed by atoms with Crippen molar-refractivity contribution < 1.29 is 5.11 Å². The standard InChI is InChI=1S/C16H24O/c1-12-6-5-7-14(13(12)2)16(17)10-8-15(3,4)9-11-16/h5-7,17H,8-11H2,1-4H3. The molecule has 1 aromatic carbocycles. The lowest BCUT2D eigenvalue weighted by atomic mass is 9.68. The molecule has 1 N–H and O–H groups in total. The van der Waals surface area contributed by atoms with E-state index in [1.165, 1.54) is 11.1 Å². The number of benzene rings is 1. The van der Waals surface area contributed by atoms with Crippen molar-refractivity contribution in [1.82, 2.24) is 0 Å². The van der Waals surface area contributed by atoms with Crippen LogP contribution in [-0.2, 0) is 5.60 Å². The summed E-state index contributed by atoms with van der Waals surface area (Å²) in [4.78, 5) is 0. The van der Waals surface area contributed by atoms with Gasteiger partial charge >= 0.3 is 0 Å². The van der Waals surface area contributed by atoms with Gasteiger partial charge in [0.1, 0.15) is 0 Å². The fraction of sp³-hybridized carbons (Fsp3) is 0.625. The highest BCUT2D eigenvalue weighted by molar-refractivity contribution is 5.37. The summed E-state index contributed by atoms with van der Waals surface area (Å²) in [6, 6.07) is 6.28. The molecule has 0 heterocycles. The maximum atomic E-state index is 10.9. The Morgan fingerprint density at radius 3 is 2.18 bits per heavy atom. The molecule has 1 aliphatic rings. The largest absolute Gasteiger partial charge is 0.385 e. The summed E-state index contributed by atoms with van der Waals surface area (Å²) in [5.74, 6) is 0. The third kappa shape index (κ3) is 2.40. The van der Waals surface area contributed by atoms with Crippen molar-refractivity contribution in [3.8, 4) is 0 Å². The van der Waals surface area contributed by atoms with E-state index in [2.05, 4.69) is 45.9 Å². The van der Waals surface area contributed by atoms with E-state index in [0.29, 0.717) is 5.41 Å². The van der Waals surface area contributed by atoms with E-state index >= 15 is 0 Å². The van der Waals surface area contributed by atoms with Crippen LogP contribution in [0.3, 0.4) is 0 Å². The van der Waals surface area contributed by atoms with Crippen LogP contribution in [0, 0.1) is 19.3 Å². The molecule has 0 aliphatic heterocycles. The first-order chi connectivity index (χ1) is 7.84. The van der Waals surface area contributed by atoms with E-state index < -0.39 is 5.60 Å². The highest BCUT2D eigenvalue weighted by Gasteiger charge is 2.38. The molecule has 1 heteroatoms. The van der Waals surface area contributed by atoms with Crippen molar-refractivity contribution in [1.29, 1.82) is 0 Å². The second kappa shape index (κ2) is 4.13. The summed E-state index contributed by atoms with van der Waals surface area (Å²) in [7, 11) is 0. The fourth-order valence-electron chi connectivity index (χ4n) is 2.86. The number of aryl methyl sites for hydroxylation is 1. The van der Waals surface area contributed by atoms with Crippen LogP contribution in [0.25, 0.3) is 0 Å². The van der Waals surface area contributed by atoms with Gasteiger partial charge in [0, 0.05) is 0 Å². The van der Waals surface area contributed by atoms with Gasteiger partial charge in [0.05, 0.1) is 5.60 Å². The zero-order valence-electron chi connectivity index (χ0n) is 11.5. The van der Waals surface area contributed by atoms with Gasteiger partial charge in [-0.1, -0.05) is 32.0 Å². The summed E-state index contributed by atoms with van der Waals surface area (Å²) in [6.07, 6.45) is 4.00. The highest BCUT2D eigenvalue weighted by Crippen LogP contribution is 2.45. The van der Waals surface area contributed by atoms with E-state index in [1.54, 1.807) is 0 Å². The van der Waals surface area contributed by atoms with Crippen molar-refractivity contribution in [2.24, 2.45) is 5.41 Å². The Bertz CT molecular complexity index is 408. The number of aliphatic hydroxyl groups is 1. The van der Waals surface area contributed by atoms with Gasteiger partial charge in [-0.3, -0.25) is 0 Å². The Labute approximate surface area is 105 Å². The lowest BCUT2D eigenvalue weighted by Gasteiger charge is -2.41. The monoisotopic (exact) mass is 232 g/mol. The van der Waals surface area contributed by atoms with Crippen LogP contribution in [0.15, 0.2) is 18.2 Å². The minimum Gasteiger partial charge on any atom is -0.385 e. The molecule has 1 fully saturated rings. The molecule has 0 bridgehead atoms. The van der Waals surface area contributed by atoms with Crippen molar-refractivity contribution in [2.45, 2.75) is 59.0 Å². The topological polar surface area (TPSA) is 20.2 Å². The molecule has 1 nitrogen and oxygen atoms in total. The summed E-state index contributed by atoms with van der Waals surface area (Å²) in [5.41, 5.74) is 3.48. The van der Waals surface area contributed by atoms with E-state index in [4.69, 9.17) is 0 Å². The summed E-state index contributed by atoms with van der Waals surface area (Å²) in [5, 5.41) is 10.9. The van der Waals surface area contributed by atoms with Gasteiger partial charge in [-0.15, -0.1) is 0 Å². The molecule has 1 saturated carbocycles. The molecule has 0 radical (unpaired) electrons. The Morgan fingerprint density at radius 2 is 1.59 bits per heavy atom. The lowest BCUT2D eigenvalue weighted by molar-refractivity contribution is -0.0310. The predicted molar refractivity (Wildman–Crippen MR) is 72.1 cm³/mol. The lowest BCUT2D eigenvalue weighted by Crippen LogP contribution is -2.35. The molecule has 0 unspecified atom stereocenters. The van der Waals surface area contributed by atoms with Gasteiger partial charge in [-0.2, -0.15) is 0 Å². The predicted octanol–water partition coefficient (Wildman–Crippen LogP) is 4.09. The molecular weight excluding hydrogens is 208 g/mol. The smallest absolute Gasteiger partial charge is 0.0899 e. The van der Waals surface area contributed by atoms with Gasteiger partial charge in [-0.05, 0) is 61.6 Å². The van der Waals surface area contributed by atoms with E-state index in [0.717, 1.165) is 31.2 Å². The van der Waals surface area contributed by atoms with Crippen LogP contribution in [0.1, 0.15) is 56.2 Å². The molecular formula is C16H24O. The van der Waals surface area contributed by atoms with Crippen LogP contribution in [0.5, 0.6) is 0 Å². The second-order valence-electron chi connectivity index (χ2n) is 6.44. The van der Waals surface area contributed by atoms with Gasteiger partial charge in [-0.25, -0.2) is 0 Å². The fourth-order valence-corrected chi connectivity index (χ4v) is 2.86. The molecule has 0 amide bonds. The zero-order valence-corrected chi connectivity index (χ0v) is 11.5. The molecule has 0 aromatic heterocycles. The van der Waals surface area contributed by atoms with Crippen LogP contribution in [0.2, 0.25) is 0 Å². The normalized spacial score (nSPS) is 22.4. The Hall–Kier alpha value is -0.820. The summed E-state index contributed by atoms with van der Waals surface area (Å²) >= 11 is 0. The maximum Gasteiger partial charge on any atom is 0.0899 e. The Balaban J connectivity index is 2.31. The molecule has 1 aromatic rings. The molecule has 94 valence electrons. The zero-order chi connectivity index (χ0) is 12.7. The Morgan fingerprint density at radius 1 is 1.00 bits per heavy atom. The van der Waals surface area contributed by atoms with Gasteiger partial charge in [0.25, 0.3) is 0 Å². The van der Waals surface area contributed by atoms with Crippen molar-refractivity contribution in [3.05, 3.63) is 34.9 Å². The number of rotatable bonds is 1. The van der Waals surface area contributed by atoms with Crippen LogP contribution < -0.4 is 0 Å². The van der Waals surface area contributed by atoms with E-state index in [9.17, 15) is 5.11 Å². The first-order valence-electron chi connectivity index (χ1n) is 6.63. The molecule has 1 aliphatic carbocycles. The number of hydrogen-bond acceptors (Lipinski definition) is 1. The van der Waals surface area contributed by atoms with Gasteiger partial charge in [0.2, 0.25) is 0 Å². The van der Waals surface area contributed by atoms with E-state index in [1.807, 2.05) is 0 Å². The molecule has 0 atom stereocenters. The van der Waals surface area contributed by atoms with E-state index in [-0.39, 0.29) is 0 Å². The SMILES string of the molecule is Cc1cccc(C2(O)CCC(C)(C)CC2)c1C. The first-order valence-corrected chi connectivity index (χ1v) is 6.63. The maximum absolute atomic E-state index is 10.9. The van der Waals surface area contributed by atoms with Crippen LogP contribution in [0.4, 0.5) is 0 Å². The van der Waals surface area contributed by atoms with Gasteiger partial charge in [0.15, 0.2) is 0 Å². The molecule has 0 spiro atoms. The first kappa shape index (κ1) is 12.6. The van der Waals surface area contributed by atoms with Crippen molar-refractivity contribution in [2.75, 3.05) is 0 Å². The quantitative estimate of drug-likeness (QED) is 0.773. The highest BCUT2D eigenvalue weighted by atomic mass is 16.3. The van der Waals surface area contributed by atoms with Gasteiger partial charge < -0.3 is 5.11 Å². The molecule has 17 heavy (non-hydrogen) atoms. The Kier molecular flexibility index (Phi) is 3.07. The van der Waals surface area contributed by atoms with Crippen molar-refractivity contribution >= 4 is 0 Å². The average Bonchev–Trinajstić information content (AvgIpc) is 2.27. The van der Waals surface area contributed by atoms with Crippen LogP contribution in [-0.4, -0.2) is 5.11 Å². The third-order valence-corrected chi connectivity index (χ3v) is 4.54. The molecule has 2 rings (SSSR count). The molecule has 0 saturated heterocycles. The number of hydrogen-bond donors (Lipinski definition) is 1. The third-order valence-electron chi connectivity index (χ3n) is 4.54. The van der Waals surface area contributed by atoms with Crippen molar-refractivity contribution in [3.63, 3.8) is 0 Å². The average molecular weight is 232 g/mol. The summed E-state index contributed by atoms with van der Waals surface area (Å²) in [6.45, 7) is 8.85. The second-order valence-corrected chi connectivity index (χ2v) is 6.44. The summed E-state index contributed by atoms with van der Waals surface area (Å²) < 4.78 is 0. The minimum atomic E-state index is -0.592. The van der Waals surface area contributed by atoms with Crippen LogP contribution >= 0.6 is 0 Å². The minimum absolute atomic E-state index is 0.393.